The number of carbonyl (C=O) groups excluding carboxylic acids is 1. The van der Waals surface area contributed by atoms with Crippen molar-refractivity contribution in [1.29, 1.82) is 0 Å². The highest BCUT2D eigenvalue weighted by Crippen LogP contribution is 2.02. The SMILES string of the molecule is O=C(NCCO)c1cc2ncccn2n1. The summed E-state index contributed by atoms with van der Waals surface area (Å²) in [5, 5.41) is 15.1. The van der Waals surface area contributed by atoms with Gasteiger partial charge in [0.25, 0.3) is 5.91 Å². The van der Waals surface area contributed by atoms with Crippen LogP contribution in [0.4, 0.5) is 0 Å². The van der Waals surface area contributed by atoms with E-state index in [4.69, 9.17) is 5.11 Å². The van der Waals surface area contributed by atoms with Crippen molar-refractivity contribution in [2.75, 3.05) is 13.2 Å². The van der Waals surface area contributed by atoms with E-state index in [2.05, 4.69) is 15.4 Å². The van der Waals surface area contributed by atoms with Crippen molar-refractivity contribution in [2.24, 2.45) is 0 Å². The summed E-state index contributed by atoms with van der Waals surface area (Å²) in [4.78, 5) is 15.5. The highest BCUT2D eigenvalue weighted by atomic mass is 16.3. The van der Waals surface area contributed by atoms with Gasteiger partial charge in [0.05, 0.1) is 6.61 Å². The largest absolute Gasteiger partial charge is 0.395 e. The molecular formula is C9H10N4O2. The minimum Gasteiger partial charge on any atom is -0.395 e. The summed E-state index contributed by atoms with van der Waals surface area (Å²) in [5.74, 6) is -0.311. The molecule has 0 unspecified atom stereocenters. The lowest BCUT2D eigenvalue weighted by atomic mass is 10.4. The summed E-state index contributed by atoms with van der Waals surface area (Å²) < 4.78 is 1.52. The van der Waals surface area contributed by atoms with Crippen molar-refractivity contribution >= 4 is 11.6 Å². The van der Waals surface area contributed by atoms with Gasteiger partial charge in [0.15, 0.2) is 11.3 Å². The van der Waals surface area contributed by atoms with E-state index in [1.807, 2.05) is 0 Å². The molecule has 0 aliphatic rings. The quantitative estimate of drug-likeness (QED) is 0.706. The molecule has 1 amide bonds. The Balaban J connectivity index is 2.25. The van der Waals surface area contributed by atoms with Crippen LogP contribution in [-0.4, -0.2) is 38.8 Å². The number of hydrogen-bond acceptors (Lipinski definition) is 4. The average molecular weight is 206 g/mol. The molecule has 0 bridgehead atoms. The van der Waals surface area contributed by atoms with E-state index in [0.717, 1.165) is 0 Å². The molecule has 0 saturated carbocycles. The number of aliphatic hydroxyl groups is 1. The fourth-order valence-electron chi connectivity index (χ4n) is 1.20. The van der Waals surface area contributed by atoms with E-state index in [-0.39, 0.29) is 19.1 Å². The third-order valence-electron chi connectivity index (χ3n) is 1.87. The summed E-state index contributed by atoms with van der Waals surface area (Å²) in [6.45, 7) is 0.136. The van der Waals surface area contributed by atoms with E-state index in [9.17, 15) is 4.79 Å². The van der Waals surface area contributed by atoms with Crippen molar-refractivity contribution in [3.8, 4) is 0 Å². The Hall–Kier alpha value is -1.95. The monoisotopic (exact) mass is 206 g/mol. The summed E-state index contributed by atoms with van der Waals surface area (Å²) in [5.41, 5.74) is 0.911. The number of rotatable bonds is 3. The maximum Gasteiger partial charge on any atom is 0.271 e. The average Bonchev–Trinajstić information content (AvgIpc) is 2.69. The van der Waals surface area contributed by atoms with Crippen molar-refractivity contribution in [2.45, 2.75) is 0 Å². The zero-order valence-electron chi connectivity index (χ0n) is 7.92. The molecule has 2 N–H and O–H groups in total. The fourth-order valence-corrected chi connectivity index (χ4v) is 1.20. The van der Waals surface area contributed by atoms with Gasteiger partial charge < -0.3 is 10.4 Å². The summed E-state index contributed by atoms with van der Waals surface area (Å²) >= 11 is 0. The maximum atomic E-state index is 11.4. The number of carbonyl (C=O) groups is 1. The van der Waals surface area contributed by atoms with Crippen molar-refractivity contribution < 1.29 is 9.90 Å². The first-order valence-electron chi connectivity index (χ1n) is 4.51. The smallest absolute Gasteiger partial charge is 0.271 e. The standard InChI is InChI=1S/C9H10N4O2/c14-5-3-11-9(15)7-6-8-10-2-1-4-13(8)12-7/h1-2,4,6,14H,3,5H2,(H,11,15). The van der Waals surface area contributed by atoms with Gasteiger partial charge in [-0.05, 0) is 6.07 Å². The lowest BCUT2D eigenvalue weighted by Gasteiger charge is -1.97. The molecule has 0 atom stereocenters. The number of aromatic nitrogens is 3. The van der Waals surface area contributed by atoms with Gasteiger partial charge in [0.2, 0.25) is 0 Å². The molecule has 6 heteroatoms. The Bertz CT molecular complexity index is 447. The Kier molecular flexibility index (Phi) is 2.59. The number of aliphatic hydroxyl groups excluding tert-OH is 1. The predicted molar refractivity (Wildman–Crippen MR) is 52.4 cm³/mol. The molecule has 0 aliphatic heterocycles. The van der Waals surface area contributed by atoms with Gasteiger partial charge in [-0.25, -0.2) is 9.50 Å². The number of fused-ring (bicyclic) bond motifs is 1. The van der Waals surface area contributed by atoms with Crippen LogP contribution >= 0.6 is 0 Å². The highest BCUT2D eigenvalue weighted by Gasteiger charge is 2.09. The highest BCUT2D eigenvalue weighted by molar-refractivity contribution is 5.93. The van der Waals surface area contributed by atoms with Gasteiger partial charge in [-0.3, -0.25) is 4.79 Å². The molecule has 2 heterocycles. The van der Waals surface area contributed by atoms with Gasteiger partial charge in [-0.1, -0.05) is 0 Å². The first kappa shape index (κ1) is 9.60. The van der Waals surface area contributed by atoms with E-state index in [0.29, 0.717) is 11.3 Å². The van der Waals surface area contributed by atoms with E-state index in [1.54, 1.807) is 24.5 Å². The molecule has 2 aromatic heterocycles. The van der Waals surface area contributed by atoms with Crippen LogP contribution in [0.15, 0.2) is 24.5 Å². The molecule has 0 radical (unpaired) electrons. The minimum atomic E-state index is -0.311. The zero-order chi connectivity index (χ0) is 10.7. The van der Waals surface area contributed by atoms with Gasteiger partial charge >= 0.3 is 0 Å². The minimum absolute atomic E-state index is 0.0860. The molecule has 0 spiro atoms. The Labute approximate surface area is 85.6 Å². The summed E-state index contributed by atoms with van der Waals surface area (Å²) in [6.07, 6.45) is 3.34. The number of hydrogen-bond donors (Lipinski definition) is 2. The third kappa shape index (κ3) is 1.94. The molecule has 0 aliphatic carbocycles. The van der Waals surface area contributed by atoms with Crippen molar-refractivity contribution in [3.63, 3.8) is 0 Å². The maximum absolute atomic E-state index is 11.4. The number of nitrogens with one attached hydrogen (secondary N) is 1. The van der Waals surface area contributed by atoms with Crippen LogP contribution < -0.4 is 5.32 Å². The lowest BCUT2D eigenvalue weighted by molar-refractivity contribution is 0.0939. The number of nitrogens with zero attached hydrogens (tertiary/aromatic N) is 3. The summed E-state index contributed by atoms with van der Waals surface area (Å²) in [6, 6.07) is 3.32. The Morgan fingerprint density at radius 2 is 2.47 bits per heavy atom. The summed E-state index contributed by atoms with van der Waals surface area (Å²) in [7, 11) is 0. The van der Waals surface area contributed by atoms with E-state index in [1.165, 1.54) is 4.52 Å². The van der Waals surface area contributed by atoms with Crippen LogP contribution in [0, 0.1) is 0 Å². The molecule has 0 saturated heterocycles. The van der Waals surface area contributed by atoms with Gasteiger partial charge in [0.1, 0.15) is 0 Å². The van der Waals surface area contributed by atoms with Crippen molar-refractivity contribution in [3.05, 3.63) is 30.2 Å². The molecule has 0 fully saturated rings. The van der Waals surface area contributed by atoms with E-state index < -0.39 is 0 Å². The Morgan fingerprint density at radius 3 is 3.20 bits per heavy atom. The second kappa shape index (κ2) is 4.05. The van der Waals surface area contributed by atoms with Crippen LogP contribution in [0.5, 0.6) is 0 Å². The molecule has 15 heavy (non-hydrogen) atoms. The van der Waals surface area contributed by atoms with Crippen molar-refractivity contribution in [1.82, 2.24) is 19.9 Å². The topological polar surface area (TPSA) is 79.5 Å². The lowest BCUT2D eigenvalue weighted by Crippen LogP contribution is -2.26. The molecule has 2 rings (SSSR count). The second-order valence-corrected chi connectivity index (χ2v) is 2.93. The first-order chi connectivity index (χ1) is 7.31. The molecule has 6 nitrogen and oxygen atoms in total. The van der Waals surface area contributed by atoms with Gasteiger partial charge in [0, 0.05) is 25.0 Å². The van der Waals surface area contributed by atoms with E-state index >= 15 is 0 Å². The van der Waals surface area contributed by atoms with Crippen LogP contribution in [-0.2, 0) is 0 Å². The van der Waals surface area contributed by atoms with Crippen LogP contribution in [0.1, 0.15) is 10.5 Å². The fraction of sp³-hybridized carbons (Fsp3) is 0.222. The normalized spacial score (nSPS) is 10.5. The number of amides is 1. The zero-order valence-corrected chi connectivity index (χ0v) is 7.92. The van der Waals surface area contributed by atoms with Gasteiger partial charge in [-0.2, -0.15) is 5.10 Å². The molecular weight excluding hydrogens is 196 g/mol. The molecule has 2 aromatic rings. The first-order valence-corrected chi connectivity index (χ1v) is 4.51. The van der Waals surface area contributed by atoms with Gasteiger partial charge in [-0.15, -0.1) is 0 Å². The predicted octanol–water partition coefficient (Wildman–Crippen LogP) is -0.549. The Morgan fingerprint density at radius 1 is 1.60 bits per heavy atom. The second-order valence-electron chi connectivity index (χ2n) is 2.93. The third-order valence-corrected chi connectivity index (χ3v) is 1.87. The molecule has 0 aromatic carbocycles. The van der Waals surface area contributed by atoms with Crippen LogP contribution in [0.2, 0.25) is 0 Å². The molecule has 78 valence electrons. The van der Waals surface area contributed by atoms with Crippen LogP contribution in [0.25, 0.3) is 5.65 Å². The van der Waals surface area contributed by atoms with Crippen LogP contribution in [0.3, 0.4) is 0 Å².